The van der Waals surface area contributed by atoms with Gasteiger partial charge in [-0.1, -0.05) is 24.4 Å². The highest BCUT2D eigenvalue weighted by Crippen LogP contribution is 2.50. The Morgan fingerprint density at radius 3 is 2.62 bits per heavy atom. The molecule has 2 aliphatic carbocycles. The Morgan fingerprint density at radius 1 is 1.14 bits per heavy atom. The predicted octanol–water partition coefficient (Wildman–Crippen LogP) is 3.81. The molecular weight excluding hydrogens is 282 g/mol. The van der Waals surface area contributed by atoms with Gasteiger partial charge in [-0.05, 0) is 61.8 Å². The number of halogens is 1. The lowest BCUT2D eigenvalue weighted by molar-refractivity contribution is 0.219. The molecule has 2 fully saturated rings. The fourth-order valence-electron chi connectivity index (χ4n) is 4.31. The first-order chi connectivity index (χ1) is 10.2. The van der Waals surface area contributed by atoms with Gasteiger partial charge in [0.25, 0.3) is 0 Å². The van der Waals surface area contributed by atoms with E-state index in [0.29, 0.717) is 5.96 Å². The van der Waals surface area contributed by atoms with Crippen molar-refractivity contribution in [2.24, 2.45) is 22.6 Å². The maximum absolute atomic E-state index is 6.23. The molecule has 1 aromatic carbocycles. The molecule has 3 aliphatic rings. The summed E-state index contributed by atoms with van der Waals surface area (Å²) in [6.07, 6.45) is 7.98. The van der Waals surface area contributed by atoms with Crippen LogP contribution in [0.2, 0.25) is 5.02 Å². The number of anilines is 1. The van der Waals surface area contributed by atoms with Gasteiger partial charge in [0.1, 0.15) is 0 Å². The number of nitrogens with zero attached hydrogens (tertiary/aromatic N) is 2. The molecular formula is C17H22ClN3. The zero-order valence-electron chi connectivity index (χ0n) is 12.3. The first-order valence-electron chi connectivity index (χ1n) is 8.04. The average molecular weight is 304 g/mol. The minimum atomic E-state index is 0.115. The van der Waals surface area contributed by atoms with Gasteiger partial charge >= 0.3 is 0 Å². The number of hydrogen-bond donors (Lipinski definition) is 1. The molecule has 0 saturated heterocycles. The fourth-order valence-corrected chi connectivity index (χ4v) is 4.44. The van der Waals surface area contributed by atoms with Gasteiger partial charge in [-0.2, -0.15) is 0 Å². The SMILES string of the molecule is NC1=NCC2(CCCC(C3CC3)C2)N1c1ccc(Cl)cc1. The van der Waals surface area contributed by atoms with E-state index < -0.39 is 0 Å². The van der Waals surface area contributed by atoms with Gasteiger partial charge in [-0.3, -0.25) is 4.99 Å². The molecule has 0 amide bonds. The van der Waals surface area contributed by atoms with Crippen molar-refractivity contribution >= 4 is 23.2 Å². The highest BCUT2D eigenvalue weighted by molar-refractivity contribution is 6.30. The van der Waals surface area contributed by atoms with Crippen LogP contribution in [0.15, 0.2) is 29.3 Å². The number of rotatable bonds is 2. The summed E-state index contributed by atoms with van der Waals surface area (Å²) >= 11 is 6.03. The maximum Gasteiger partial charge on any atom is 0.196 e. The standard InChI is InChI=1S/C17H22ClN3/c18-14-5-7-15(8-6-14)21-16(19)20-11-17(21)9-1-2-13(10-17)12-3-4-12/h5-8,12-13H,1-4,9-11H2,(H2,19,20). The zero-order valence-corrected chi connectivity index (χ0v) is 13.0. The average Bonchev–Trinajstić information content (AvgIpc) is 3.29. The van der Waals surface area contributed by atoms with Crippen LogP contribution < -0.4 is 10.6 Å². The van der Waals surface area contributed by atoms with E-state index in [1.54, 1.807) is 0 Å². The van der Waals surface area contributed by atoms with Gasteiger partial charge in [-0.15, -0.1) is 0 Å². The summed E-state index contributed by atoms with van der Waals surface area (Å²) in [5.41, 5.74) is 7.48. The minimum absolute atomic E-state index is 0.115. The topological polar surface area (TPSA) is 41.6 Å². The molecule has 2 atom stereocenters. The Bertz CT molecular complexity index is 564. The zero-order chi connectivity index (χ0) is 14.4. The third-order valence-corrected chi connectivity index (χ3v) is 5.72. The molecule has 0 bridgehead atoms. The molecule has 2 unspecified atom stereocenters. The Balaban J connectivity index is 1.65. The number of hydrogen-bond acceptors (Lipinski definition) is 3. The fraction of sp³-hybridized carbons (Fsp3) is 0.588. The van der Waals surface area contributed by atoms with Gasteiger partial charge in [0.2, 0.25) is 0 Å². The first kappa shape index (κ1) is 13.4. The summed E-state index contributed by atoms with van der Waals surface area (Å²) < 4.78 is 0. The van der Waals surface area contributed by atoms with Crippen LogP contribution in [0, 0.1) is 11.8 Å². The molecule has 4 rings (SSSR count). The van der Waals surface area contributed by atoms with Crippen molar-refractivity contribution in [2.45, 2.75) is 44.1 Å². The molecule has 2 N–H and O–H groups in total. The Kier molecular flexibility index (Phi) is 3.14. The lowest BCUT2D eigenvalue weighted by Gasteiger charge is -2.45. The largest absolute Gasteiger partial charge is 0.369 e. The maximum atomic E-state index is 6.23. The summed E-state index contributed by atoms with van der Waals surface area (Å²) in [7, 11) is 0. The normalized spacial score (nSPS) is 32.5. The second-order valence-electron chi connectivity index (χ2n) is 6.90. The van der Waals surface area contributed by atoms with Crippen LogP contribution >= 0.6 is 11.6 Å². The number of nitrogens with two attached hydrogens (primary N) is 1. The summed E-state index contributed by atoms with van der Waals surface area (Å²) in [4.78, 5) is 6.88. The molecule has 1 heterocycles. The van der Waals surface area contributed by atoms with Crippen LogP contribution in [0.4, 0.5) is 5.69 Å². The van der Waals surface area contributed by atoms with Crippen LogP contribution in [-0.4, -0.2) is 18.0 Å². The molecule has 21 heavy (non-hydrogen) atoms. The summed E-state index contributed by atoms with van der Waals surface area (Å²) in [5.74, 6) is 2.51. The molecule has 1 aliphatic heterocycles. The van der Waals surface area contributed by atoms with Crippen molar-refractivity contribution in [1.82, 2.24) is 0 Å². The van der Waals surface area contributed by atoms with E-state index >= 15 is 0 Å². The van der Waals surface area contributed by atoms with Crippen molar-refractivity contribution in [1.29, 1.82) is 0 Å². The molecule has 0 aromatic heterocycles. The predicted molar refractivity (Wildman–Crippen MR) is 87.8 cm³/mol. The Morgan fingerprint density at radius 2 is 1.90 bits per heavy atom. The van der Waals surface area contributed by atoms with Crippen LogP contribution in [0.3, 0.4) is 0 Å². The van der Waals surface area contributed by atoms with E-state index in [1.807, 2.05) is 12.1 Å². The third-order valence-electron chi connectivity index (χ3n) is 5.47. The summed E-state index contributed by atoms with van der Waals surface area (Å²) in [6, 6.07) is 8.02. The number of aliphatic imine (C=N–C) groups is 1. The van der Waals surface area contributed by atoms with Crippen LogP contribution in [-0.2, 0) is 0 Å². The molecule has 3 nitrogen and oxygen atoms in total. The van der Waals surface area contributed by atoms with Gasteiger partial charge < -0.3 is 10.6 Å². The highest BCUT2D eigenvalue weighted by Gasteiger charge is 2.48. The van der Waals surface area contributed by atoms with E-state index in [9.17, 15) is 0 Å². The summed E-state index contributed by atoms with van der Waals surface area (Å²) in [5, 5.41) is 0.766. The Hall–Kier alpha value is -1.22. The Labute approximate surface area is 131 Å². The monoisotopic (exact) mass is 303 g/mol. The lowest BCUT2D eigenvalue weighted by Crippen LogP contribution is -2.54. The van der Waals surface area contributed by atoms with E-state index in [2.05, 4.69) is 22.0 Å². The van der Waals surface area contributed by atoms with Gasteiger partial charge in [0.05, 0.1) is 12.1 Å². The van der Waals surface area contributed by atoms with E-state index in [1.165, 1.54) is 38.5 Å². The molecule has 112 valence electrons. The van der Waals surface area contributed by atoms with Crippen molar-refractivity contribution in [2.75, 3.05) is 11.4 Å². The van der Waals surface area contributed by atoms with Crippen LogP contribution in [0.1, 0.15) is 38.5 Å². The van der Waals surface area contributed by atoms with Crippen molar-refractivity contribution in [3.05, 3.63) is 29.3 Å². The van der Waals surface area contributed by atoms with Crippen molar-refractivity contribution in [3.63, 3.8) is 0 Å². The minimum Gasteiger partial charge on any atom is -0.369 e. The van der Waals surface area contributed by atoms with Crippen LogP contribution in [0.5, 0.6) is 0 Å². The second kappa shape index (κ2) is 4.91. The summed E-state index contributed by atoms with van der Waals surface area (Å²) in [6.45, 7) is 0.852. The van der Waals surface area contributed by atoms with E-state index in [0.717, 1.165) is 29.1 Å². The first-order valence-corrected chi connectivity index (χ1v) is 8.41. The second-order valence-corrected chi connectivity index (χ2v) is 7.34. The molecule has 4 heteroatoms. The highest BCUT2D eigenvalue weighted by atomic mass is 35.5. The van der Waals surface area contributed by atoms with Gasteiger partial charge in [0.15, 0.2) is 5.96 Å². The smallest absolute Gasteiger partial charge is 0.196 e. The third kappa shape index (κ3) is 2.32. The van der Waals surface area contributed by atoms with Gasteiger partial charge in [0, 0.05) is 10.7 Å². The quantitative estimate of drug-likeness (QED) is 0.902. The van der Waals surface area contributed by atoms with Gasteiger partial charge in [-0.25, -0.2) is 0 Å². The van der Waals surface area contributed by atoms with Crippen molar-refractivity contribution in [3.8, 4) is 0 Å². The van der Waals surface area contributed by atoms with Crippen molar-refractivity contribution < 1.29 is 0 Å². The molecule has 2 saturated carbocycles. The van der Waals surface area contributed by atoms with E-state index in [4.69, 9.17) is 17.3 Å². The van der Waals surface area contributed by atoms with Crippen LogP contribution in [0.25, 0.3) is 0 Å². The lowest BCUT2D eigenvalue weighted by atomic mass is 9.73. The molecule has 1 spiro atoms. The number of benzene rings is 1. The van der Waals surface area contributed by atoms with E-state index in [-0.39, 0.29) is 5.54 Å². The molecule has 1 aromatic rings. The molecule has 0 radical (unpaired) electrons. The number of guanidine groups is 1.